The number of nitrogens with zero attached hydrogens (tertiary/aromatic N) is 3. The second kappa shape index (κ2) is 10.1. The van der Waals surface area contributed by atoms with Crippen molar-refractivity contribution in [3.05, 3.63) is 83.2 Å². The lowest BCUT2D eigenvalue weighted by molar-refractivity contribution is -0.139. The molecule has 2 amide bonds. The molecule has 3 N–H and O–H groups in total. The topological polar surface area (TPSA) is 119 Å². The van der Waals surface area contributed by atoms with Crippen LogP contribution in [0.3, 0.4) is 0 Å². The average Bonchev–Trinajstić information content (AvgIpc) is 3.60. The number of para-hydroxylation sites is 1. The first-order valence-electron chi connectivity index (χ1n) is 12.9. The fourth-order valence-corrected chi connectivity index (χ4v) is 5.61. The van der Waals surface area contributed by atoms with E-state index in [0.29, 0.717) is 34.4 Å². The molecule has 0 spiro atoms. The monoisotopic (exact) mass is 516 g/mol. The predicted octanol–water partition coefficient (Wildman–Crippen LogP) is 2.60. The van der Waals surface area contributed by atoms with Gasteiger partial charge in [-0.05, 0) is 43.2 Å². The van der Waals surface area contributed by atoms with Gasteiger partial charge in [0.1, 0.15) is 0 Å². The van der Waals surface area contributed by atoms with Crippen LogP contribution in [0.25, 0.3) is 16.6 Å². The van der Waals surface area contributed by atoms with Crippen LogP contribution in [0.1, 0.15) is 31.7 Å². The Morgan fingerprint density at radius 1 is 1.26 bits per heavy atom. The van der Waals surface area contributed by atoms with Gasteiger partial charge in [-0.25, -0.2) is 4.68 Å². The summed E-state index contributed by atoms with van der Waals surface area (Å²) in [5, 5.41) is 25.1. The number of benzene rings is 2. The van der Waals surface area contributed by atoms with Gasteiger partial charge in [0.2, 0.25) is 5.91 Å². The molecule has 2 aromatic carbocycles. The quantitative estimate of drug-likeness (QED) is 0.398. The molecule has 1 saturated heterocycles. The van der Waals surface area contributed by atoms with Crippen LogP contribution >= 0.6 is 0 Å². The number of aliphatic hydroxyl groups excluding tert-OH is 1. The van der Waals surface area contributed by atoms with E-state index < -0.39 is 17.4 Å². The summed E-state index contributed by atoms with van der Waals surface area (Å²) in [5.41, 5.74) is -0.0246. The Hall–Kier alpha value is -3.95. The van der Waals surface area contributed by atoms with Crippen molar-refractivity contribution in [1.82, 2.24) is 14.7 Å². The standard InChI is InChI=1S/C29H32N4O5/c1-3-15-32-25-14-13-20(33-27(36)22-10-4-5-11-24(22)30-33)17-23(25)29(38,28(32)37)19(2)8-6-12-26(35)31-16-7-9-21(31)18-34/h3-6,8,10-11,13-14,17,19,21,30,34,38H,1,7,9,12,15-16,18H2,2H3/b8-6+/t19-,21-,29+/m0/s1. The third-order valence-corrected chi connectivity index (χ3v) is 7.70. The molecule has 0 bridgehead atoms. The smallest absolute Gasteiger partial charge is 0.279 e. The van der Waals surface area contributed by atoms with Crippen LogP contribution in [-0.2, 0) is 15.2 Å². The highest BCUT2D eigenvalue weighted by Gasteiger charge is 2.52. The van der Waals surface area contributed by atoms with Gasteiger partial charge in [-0.1, -0.05) is 37.3 Å². The number of carbonyl (C=O) groups excluding carboxylic acids is 2. The van der Waals surface area contributed by atoms with Crippen molar-refractivity contribution in [2.45, 2.75) is 37.8 Å². The molecule has 2 aliphatic heterocycles. The Morgan fingerprint density at radius 2 is 2.05 bits per heavy atom. The number of carbonyl (C=O) groups is 2. The Kier molecular flexibility index (Phi) is 6.81. The molecule has 2 aliphatic rings. The highest BCUT2D eigenvalue weighted by atomic mass is 16.3. The number of aromatic nitrogens is 2. The van der Waals surface area contributed by atoms with Crippen molar-refractivity contribution in [2.24, 2.45) is 5.92 Å². The van der Waals surface area contributed by atoms with Crippen LogP contribution in [0.15, 0.2) is 72.1 Å². The van der Waals surface area contributed by atoms with Gasteiger partial charge in [0, 0.05) is 31.0 Å². The lowest BCUT2D eigenvalue weighted by atomic mass is 9.82. The lowest BCUT2D eigenvalue weighted by Crippen LogP contribution is -2.44. The fraction of sp³-hybridized carbons (Fsp3) is 0.345. The molecule has 38 heavy (non-hydrogen) atoms. The number of hydrogen-bond acceptors (Lipinski definition) is 5. The minimum absolute atomic E-state index is 0.0577. The molecule has 3 aromatic rings. The molecule has 0 radical (unpaired) electrons. The van der Waals surface area contributed by atoms with Crippen LogP contribution in [0.5, 0.6) is 0 Å². The highest BCUT2D eigenvalue weighted by Crippen LogP contribution is 2.46. The number of fused-ring (bicyclic) bond motifs is 2. The van der Waals surface area contributed by atoms with Crippen LogP contribution in [0, 0.1) is 5.92 Å². The van der Waals surface area contributed by atoms with Crippen LogP contribution in [0.4, 0.5) is 5.69 Å². The molecule has 1 fully saturated rings. The SMILES string of the molecule is C=CCN1C(=O)[C@@](O)([C@@H](C)/C=C/CC(=O)N2CCC[C@H]2CO)c2cc(-n3[nH]c4ccccc4c3=O)ccc21. The van der Waals surface area contributed by atoms with E-state index in [9.17, 15) is 24.6 Å². The largest absolute Gasteiger partial charge is 0.394 e. The van der Waals surface area contributed by atoms with Gasteiger partial charge in [-0.3, -0.25) is 19.5 Å². The summed E-state index contributed by atoms with van der Waals surface area (Å²) >= 11 is 0. The zero-order valence-electron chi connectivity index (χ0n) is 21.3. The number of anilines is 1. The summed E-state index contributed by atoms with van der Waals surface area (Å²) in [7, 11) is 0. The molecule has 0 saturated carbocycles. The van der Waals surface area contributed by atoms with Crippen molar-refractivity contribution in [1.29, 1.82) is 0 Å². The molecular weight excluding hydrogens is 484 g/mol. The second-order valence-electron chi connectivity index (χ2n) is 9.96. The normalized spacial score (nSPS) is 22.0. The van der Waals surface area contributed by atoms with Crippen molar-refractivity contribution in [2.75, 3.05) is 24.6 Å². The second-order valence-corrected chi connectivity index (χ2v) is 9.96. The summed E-state index contributed by atoms with van der Waals surface area (Å²) in [6.07, 6.45) is 6.71. The van der Waals surface area contributed by atoms with Crippen molar-refractivity contribution in [3.63, 3.8) is 0 Å². The predicted molar refractivity (Wildman–Crippen MR) is 145 cm³/mol. The Balaban J connectivity index is 1.48. The molecule has 0 unspecified atom stereocenters. The number of aromatic amines is 1. The van der Waals surface area contributed by atoms with Crippen molar-refractivity contribution in [3.8, 4) is 5.69 Å². The van der Waals surface area contributed by atoms with E-state index in [1.54, 1.807) is 60.4 Å². The first kappa shape index (κ1) is 25.7. The van der Waals surface area contributed by atoms with E-state index in [1.165, 1.54) is 9.58 Å². The maximum absolute atomic E-state index is 13.6. The zero-order valence-corrected chi connectivity index (χ0v) is 21.3. The van der Waals surface area contributed by atoms with Gasteiger partial charge < -0.3 is 20.0 Å². The van der Waals surface area contributed by atoms with Gasteiger partial charge in [0.25, 0.3) is 11.5 Å². The maximum Gasteiger partial charge on any atom is 0.279 e. The first-order chi connectivity index (χ1) is 18.3. The molecule has 9 heteroatoms. The number of amides is 2. The van der Waals surface area contributed by atoms with Gasteiger partial charge in [0.05, 0.1) is 34.9 Å². The fourth-order valence-electron chi connectivity index (χ4n) is 5.61. The third kappa shape index (κ3) is 4.08. The van der Waals surface area contributed by atoms with Crippen LogP contribution in [0.2, 0.25) is 0 Å². The van der Waals surface area contributed by atoms with Crippen LogP contribution in [-0.4, -0.2) is 62.4 Å². The summed E-state index contributed by atoms with van der Waals surface area (Å²) < 4.78 is 1.40. The molecule has 5 rings (SSSR count). The van der Waals surface area contributed by atoms with Crippen molar-refractivity contribution >= 4 is 28.4 Å². The van der Waals surface area contributed by atoms with Crippen molar-refractivity contribution < 1.29 is 19.8 Å². The Bertz CT molecular complexity index is 1490. The van der Waals surface area contributed by atoms with E-state index >= 15 is 0 Å². The molecule has 198 valence electrons. The van der Waals surface area contributed by atoms with Crippen LogP contribution < -0.4 is 10.5 Å². The summed E-state index contributed by atoms with van der Waals surface area (Å²) in [6, 6.07) is 12.2. The maximum atomic E-state index is 13.6. The summed E-state index contributed by atoms with van der Waals surface area (Å²) in [6.45, 7) is 6.25. The number of hydrogen-bond donors (Lipinski definition) is 3. The van der Waals surface area contributed by atoms with E-state index in [1.807, 2.05) is 12.1 Å². The highest BCUT2D eigenvalue weighted by molar-refractivity contribution is 6.07. The molecule has 3 atom stereocenters. The van der Waals surface area contributed by atoms with Gasteiger partial charge in [-0.2, -0.15) is 0 Å². The number of rotatable bonds is 8. The van der Waals surface area contributed by atoms with Gasteiger partial charge >= 0.3 is 0 Å². The third-order valence-electron chi connectivity index (χ3n) is 7.70. The number of H-pyrrole nitrogens is 1. The van der Waals surface area contributed by atoms with E-state index in [0.717, 1.165) is 12.8 Å². The van der Waals surface area contributed by atoms with Gasteiger partial charge in [0.15, 0.2) is 5.60 Å². The first-order valence-corrected chi connectivity index (χ1v) is 12.9. The average molecular weight is 517 g/mol. The number of aliphatic hydroxyl groups is 2. The zero-order chi connectivity index (χ0) is 27.0. The number of nitrogens with one attached hydrogen (secondary N) is 1. The molecule has 0 aliphatic carbocycles. The van der Waals surface area contributed by atoms with E-state index in [-0.39, 0.29) is 37.1 Å². The molecular formula is C29H32N4O5. The lowest BCUT2D eigenvalue weighted by Gasteiger charge is -2.27. The number of likely N-dealkylation sites (tertiary alicyclic amines) is 1. The Morgan fingerprint density at radius 3 is 2.79 bits per heavy atom. The minimum atomic E-state index is -1.90. The Labute approximate surface area is 220 Å². The molecule has 1 aromatic heterocycles. The summed E-state index contributed by atoms with van der Waals surface area (Å²) in [4.78, 5) is 42.5. The molecule has 3 heterocycles. The van der Waals surface area contributed by atoms with E-state index in [2.05, 4.69) is 11.7 Å². The summed E-state index contributed by atoms with van der Waals surface area (Å²) in [5.74, 6) is -1.25. The molecule has 9 nitrogen and oxygen atoms in total. The van der Waals surface area contributed by atoms with E-state index in [4.69, 9.17) is 0 Å². The van der Waals surface area contributed by atoms with Gasteiger partial charge in [-0.15, -0.1) is 6.58 Å². The minimum Gasteiger partial charge on any atom is -0.394 e.